The van der Waals surface area contributed by atoms with E-state index in [4.69, 9.17) is 5.73 Å². The van der Waals surface area contributed by atoms with Gasteiger partial charge in [-0.15, -0.1) is 0 Å². The molecule has 0 saturated carbocycles. The molecular weight excluding hydrogens is 172 g/mol. The van der Waals surface area contributed by atoms with Gasteiger partial charge < -0.3 is 5.73 Å². The molecule has 0 radical (unpaired) electrons. The van der Waals surface area contributed by atoms with Crippen LogP contribution in [0.2, 0.25) is 0 Å². The zero-order valence-electron chi connectivity index (χ0n) is 8.07. The molecule has 70 valence electrons. The molecule has 0 aliphatic heterocycles. The van der Waals surface area contributed by atoms with Gasteiger partial charge in [-0.25, -0.2) is 4.99 Å². The van der Waals surface area contributed by atoms with E-state index < -0.39 is 0 Å². The number of hydrogen-bond acceptors (Lipinski definition) is 1. The minimum atomic E-state index is 0.584. The molecule has 0 amide bonds. The molecule has 0 bridgehead atoms. The maximum atomic E-state index is 5.52. The second kappa shape index (κ2) is 3.50. The standard InChI is InChI=1S/C12H12N2/c1-9(13)14-12-7-6-10-4-2-3-5-11(10)8-12/h2-8H,1H3,(H2,13,14). The number of fused-ring (bicyclic) bond motifs is 1. The molecule has 0 atom stereocenters. The molecule has 2 heteroatoms. The molecule has 2 aromatic rings. The van der Waals surface area contributed by atoms with Crippen LogP contribution in [0.1, 0.15) is 6.92 Å². The van der Waals surface area contributed by atoms with Gasteiger partial charge in [-0.05, 0) is 29.8 Å². The van der Waals surface area contributed by atoms with E-state index in [0.717, 1.165) is 5.69 Å². The van der Waals surface area contributed by atoms with Crippen molar-refractivity contribution >= 4 is 22.3 Å². The van der Waals surface area contributed by atoms with E-state index >= 15 is 0 Å². The van der Waals surface area contributed by atoms with Gasteiger partial charge in [0, 0.05) is 0 Å². The summed E-state index contributed by atoms with van der Waals surface area (Å²) in [5, 5.41) is 2.41. The van der Waals surface area contributed by atoms with E-state index in [1.807, 2.05) is 24.3 Å². The molecule has 0 aliphatic carbocycles. The smallest absolute Gasteiger partial charge is 0.0964 e. The zero-order chi connectivity index (χ0) is 9.97. The van der Waals surface area contributed by atoms with Gasteiger partial charge in [-0.3, -0.25) is 0 Å². The summed E-state index contributed by atoms with van der Waals surface area (Å²) in [6.07, 6.45) is 0. The lowest BCUT2D eigenvalue weighted by molar-refractivity contribution is 1.46. The summed E-state index contributed by atoms with van der Waals surface area (Å²) in [5.74, 6) is 0.584. The maximum Gasteiger partial charge on any atom is 0.0964 e. The number of nitrogens with two attached hydrogens (primary N) is 1. The third kappa shape index (κ3) is 1.74. The molecule has 0 aromatic heterocycles. The summed E-state index contributed by atoms with van der Waals surface area (Å²) in [5.41, 5.74) is 6.42. The highest BCUT2D eigenvalue weighted by atomic mass is 14.8. The average molecular weight is 184 g/mol. The van der Waals surface area contributed by atoms with Crippen molar-refractivity contribution in [2.75, 3.05) is 0 Å². The van der Waals surface area contributed by atoms with Crippen LogP contribution in [0.3, 0.4) is 0 Å². The SMILES string of the molecule is CC(N)=Nc1ccc2ccccc2c1. The molecule has 0 spiro atoms. The van der Waals surface area contributed by atoms with Gasteiger partial charge in [0.05, 0.1) is 11.5 Å². The molecule has 2 N–H and O–H groups in total. The molecule has 2 nitrogen and oxygen atoms in total. The first kappa shape index (κ1) is 8.75. The largest absolute Gasteiger partial charge is 0.387 e. The average Bonchev–Trinajstić information content (AvgIpc) is 2.17. The quantitative estimate of drug-likeness (QED) is 0.537. The van der Waals surface area contributed by atoms with Crippen LogP contribution in [-0.2, 0) is 0 Å². The van der Waals surface area contributed by atoms with Crippen molar-refractivity contribution in [2.45, 2.75) is 6.92 Å². The van der Waals surface area contributed by atoms with Gasteiger partial charge in [0.15, 0.2) is 0 Å². The lowest BCUT2D eigenvalue weighted by atomic mass is 10.1. The Hall–Kier alpha value is -1.83. The van der Waals surface area contributed by atoms with Crippen molar-refractivity contribution in [3.05, 3.63) is 42.5 Å². The number of hydrogen-bond donors (Lipinski definition) is 1. The topological polar surface area (TPSA) is 38.4 Å². The summed E-state index contributed by atoms with van der Waals surface area (Å²) in [4.78, 5) is 4.20. The van der Waals surface area contributed by atoms with Crippen molar-refractivity contribution in [1.82, 2.24) is 0 Å². The fourth-order valence-corrected chi connectivity index (χ4v) is 1.45. The molecule has 2 rings (SSSR count). The first-order valence-corrected chi connectivity index (χ1v) is 4.55. The predicted octanol–water partition coefficient (Wildman–Crippen LogP) is 2.85. The molecule has 0 saturated heterocycles. The molecule has 14 heavy (non-hydrogen) atoms. The predicted molar refractivity (Wildman–Crippen MR) is 60.9 cm³/mol. The van der Waals surface area contributed by atoms with Gasteiger partial charge in [0.25, 0.3) is 0 Å². The summed E-state index contributed by atoms with van der Waals surface area (Å²) < 4.78 is 0. The molecule has 0 aliphatic rings. The van der Waals surface area contributed by atoms with E-state index in [9.17, 15) is 0 Å². The third-order valence-electron chi connectivity index (χ3n) is 2.04. The van der Waals surface area contributed by atoms with E-state index in [-0.39, 0.29) is 0 Å². The second-order valence-corrected chi connectivity index (χ2v) is 3.28. The van der Waals surface area contributed by atoms with Crippen LogP contribution in [0.4, 0.5) is 5.69 Å². The van der Waals surface area contributed by atoms with Gasteiger partial charge in [0.2, 0.25) is 0 Å². The van der Waals surface area contributed by atoms with Crippen molar-refractivity contribution < 1.29 is 0 Å². The van der Waals surface area contributed by atoms with Crippen LogP contribution in [0.15, 0.2) is 47.5 Å². The van der Waals surface area contributed by atoms with E-state index in [0.29, 0.717) is 5.84 Å². The van der Waals surface area contributed by atoms with Crippen molar-refractivity contribution in [3.8, 4) is 0 Å². The van der Waals surface area contributed by atoms with E-state index in [1.54, 1.807) is 6.92 Å². The summed E-state index contributed by atoms with van der Waals surface area (Å²) in [6.45, 7) is 1.79. The van der Waals surface area contributed by atoms with Crippen molar-refractivity contribution in [1.29, 1.82) is 0 Å². The number of benzene rings is 2. The lowest BCUT2D eigenvalue weighted by Gasteiger charge is -1.99. The Morgan fingerprint density at radius 2 is 1.79 bits per heavy atom. The van der Waals surface area contributed by atoms with E-state index in [1.165, 1.54) is 10.8 Å². The Bertz CT molecular complexity index is 482. The zero-order valence-corrected chi connectivity index (χ0v) is 8.07. The van der Waals surface area contributed by atoms with Crippen LogP contribution in [0.5, 0.6) is 0 Å². The number of nitrogens with zero attached hydrogens (tertiary/aromatic N) is 1. The van der Waals surface area contributed by atoms with Crippen molar-refractivity contribution in [2.24, 2.45) is 10.7 Å². The van der Waals surface area contributed by atoms with Crippen LogP contribution < -0.4 is 5.73 Å². The maximum absolute atomic E-state index is 5.52. The highest BCUT2D eigenvalue weighted by molar-refractivity contribution is 5.87. The third-order valence-corrected chi connectivity index (χ3v) is 2.04. The Kier molecular flexibility index (Phi) is 2.19. The Morgan fingerprint density at radius 1 is 1.07 bits per heavy atom. The summed E-state index contributed by atoms with van der Waals surface area (Å²) in [6, 6.07) is 14.3. The van der Waals surface area contributed by atoms with Gasteiger partial charge >= 0.3 is 0 Å². The Morgan fingerprint density at radius 3 is 2.50 bits per heavy atom. The Labute approximate surface area is 83.1 Å². The highest BCUT2D eigenvalue weighted by Gasteiger charge is 1.93. The van der Waals surface area contributed by atoms with Crippen LogP contribution in [0.25, 0.3) is 10.8 Å². The van der Waals surface area contributed by atoms with Gasteiger partial charge in [0.1, 0.15) is 0 Å². The van der Waals surface area contributed by atoms with Crippen molar-refractivity contribution in [3.63, 3.8) is 0 Å². The normalized spacial score (nSPS) is 11.9. The molecule has 0 fully saturated rings. The Balaban J connectivity index is 2.57. The number of aliphatic imine (C=N–C) groups is 1. The minimum absolute atomic E-state index is 0.584. The minimum Gasteiger partial charge on any atom is -0.387 e. The van der Waals surface area contributed by atoms with Crippen LogP contribution >= 0.6 is 0 Å². The number of amidine groups is 1. The lowest BCUT2D eigenvalue weighted by Crippen LogP contribution is -2.03. The molecule has 2 aromatic carbocycles. The molecular formula is C12H12N2. The van der Waals surface area contributed by atoms with Gasteiger partial charge in [-0.1, -0.05) is 30.3 Å². The molecule has 0 unspecified atom stereocenters. The first-order valence-electron chi connectivity index (χ1n) is 4.55. The van der Waals surface area contributed by atoms with E-state index in [2.05, 4.69) is 23.2 Å². The molecule has 0 heterocycles. The second-order valence-electron chi connectivity index (χ2n) is 3.28. The highest BCUT2D eigenvalue weighted by Crippen LogP contribution is 2.20. The summed E-state index contributed by atoms with van der Waals surface area (Å²) in [7, 11) is 0. The van der Waals surface area contributed by atoms with Crippen LogP contribution in [-0.4, -0.2) is 5.84 Å². The van der Waals surface area contributed by atoms with Gasteiger partial charge in [-0.2, -0.15) is 0 Å². The monoisotopic (exact) mass is 184 g/mol. The summed E-state index contributed by atoms with van der Waals surface area (Å²) >= 11 is 0. The first-order chi connectivity index (χ1) is 6.75. The fourth-order valence-electron chi connectivity index (χ4n) is 1.45. The number of rotatable bonds is 1. The fraction of sp³-hybridized carbons (Fsp3) is 0.0833. The van der Waals surface area contributed by atoms with Crippen LogP contribution in [0, 0.1) is 0 Å².